The fraction of sp³-hybridized carbons (Fsp3) is 0.467. The molecular weight excluding hydrogens is 268 g/mol. The zero-order valence-electron chi connectivity index (χ0n) is 11.9. The van der Waals surface area contributed by atoms with Gasteiger partial charge >= 0.3 is 0 Å². The lowest BCUT2D eigenvalue weighted by Gasteiger charge is -2.24. The molecule has 2 heterocycles. The SMILES string of the molecule is CC(c1cccs1)N(C)c1cnc(CNC2CC2)cn1. The van der Waals surface area contributed by atoms with Crippen molar-refractivity contribution >= 4 is 17.2 Å². The van der Waals surface area contributed by atoms with Gasteiger partial charge in [-0.2, -0.15) is 0 Å². The van der Waals surface area contributed by atoms with Crippen molar-refractivity contribution in [2.24, 2.45) is 0 Å². The van der Waals surface area contributed by atoms with Crippen LogP contribution in [0.3, 0.4) is 0 Å². The third-order valence-electron chi connectivity index (χ3n) is 3.74. The third kappa shape index (κ3) is 3.16. The minimum Gasteiger partial charge on any atom is -0.351 e. The zero-order chi connectivity index (χ0) is 13.9. The monoisotopic (exact) mass is 288 g/mol. The Kier molecular flexibility index (Phi) is 3.98. The van der Waals surface area contributed by atoms with E-state index >= 15 is 0 Å². The second-order valence-electron chi connectivity index (χ2n) is 5.32. The molecule has 3 rings (SSSR count). The molecule has 1 atom stereocenters. The molecule has 0 saturated heterocycles. The van der Waals surface area contributed by atoms with Gasteiger partial charge in [-0.3, -0.25) is 4.98 Å². The van der Waals surface area contributed by atoms with E-state index in [-0.39, 0.29) is 0 Å². The van der Waals surface area contributed by atoms with E-state index in [2.05, 4.69) is 51.7 Å². The Labute approximate surface area is 123 Å². The van der Waals surface area contributed by atoms with E-state index in [0.29, 0.717) is 12.1 Å². The van der Waals surface area contributed by atoms with Crippen molar-refractivity contribution in [1.29, 1.82) is 0 Å². The van der Waals surface area contributed by atoms with Gasteiger partial charge in [0.1, 0.15) is 5.82 Å². The lowest BCUT2D eigenvalue weighted by atomic mass is 10.2. The average molecular weight is 288 g/mol. The van der Waals surface area contributed by atoms with Crippen molar-refractivity contribution < 1.29 is 0 Å². The van der Waals surface area contributed by atoms with Gasteiger partial charge in [-0.15, -0.1) is 11.3 Å². The van der Waals surface area contributed by atoms with Gasteiger partial charge in [0.25, 0.3) is 0 Å². The highest BCUT2D eigenvalue weighted by Crippen LogP contribution is 2.26. The Morgan fingerprint density at radius 1 is 1.40 bits per heavy atom. The highest BCUT2D eigenvalue weighted by molar-refractivity contribution is 7.10. The molecular formula is C15H20N4S. The van der Waals surface area contributed by atoms with Crippen molar-refractivity contribution in [3.8, 4) is 0 Å². The fourth-order valence-electron chi connectivity index (χ4n) is 2.08. The van der Waals surface area contributed by atoms with Gasteiger partial charge in [-0.25, -0.2) is 4.98 Å². The largest absolute Gasteiger partial charge is 0.351 e. The molecule has 1 N–H and O–H groups in total. The lowest BCUT2D eigenvalue weighted by Crippen LogP contribution is -2.22. The Balaban J connectivity index is 1.63. The summed E-state index contributed by atoms with van der Waals surface area (Å²) in [5.41, 5.74) is 1.01. The maximum Gasteiger partial charge on any atom is 0.147 e. The van der Waals surface area contributed by atoms with Crippen LogP contribution in [-0.2, 0) is 6.54 Å². The molecule has 0 amide bonds. The first-order chi connectivity index (χ1) is 9.74. The molecule has 1 fully saturated rings. The predicted octanol–water partition coefficient (Wildman–Crippen LogP) is 2.99. The van der Waals surface area contributed by atoms with Gasteiger partial charge in [0, 0.05) is 24.5 Å². The minimum atomic E-state index is 0.319. The summed E-state index contributed by atoms with van der Waals surface area (Å²) in [6.45, 7) is 3.01. The number of aromatic nitrogens is 2. The highest BCUT2D eigenvalue weighted by Gasteiger charge is 2.20. The summed E-state index contributed by atoms with van der Waals surface area (Å²) in [4.78, 5) is 12.5. The van der Waals surface area contributed by atoms with Gasteiger partial charge in [0.2, 0.25) is 0 Å². The van der Waals surface area contributed by atoms with Crippen LogP contribution in [0.1, 0.15) is 36.4 Å². The zero-order valence-corrected chi connectivity index (χ0v) is 12.7. The number of hydrogen-bond donors (Lipinski definition) is 1. The molecule has 4 nitrogen and oxygen atoms in total. The average Bonchev–Trinajstić information content (AvgIpc) is 3.16. The van der Waals surface area contributed by atoms with E-state index in [1.807, 2.05) is 12.4 Å². The Morgan fingerprint density at radius 2 is 2.25 bits per heavy atom. The molecule has 0 aromatic carbocycles. The van der Waals surface area contributed by atoms with Crippen LogP contribution in [-0.4, -0.2) is 23.1 Å². The number of nitrogens with one attached hydrogen (secondary N) is 1. The molecule has 0 aliphatic heterocycles. The second-order valence-corrected chi connectivity index (χ2v) is 6.30. The van der Waals surface area contributed by atoms with E-state index in [1.165, 1.54) is 17.7 Å². The second kappa shape index (κ2) is 5.89. The van der Waals surface area contributed by atoms with Gasteiger partial charge < -0.3 is 10.2 Å². The molecule has 1 unspecified atom stereocenters. The molecule has 106 valence electrons. The van der Waals surface area contributed by atoms with Crippen LogP contribution >= 0.6 is 11.3 Å². The maximum atomic E-state index is 4.54. The van der Waals surface area contributed by atoms with Crippen LogP contribution in [0.5, 0.6) is 0 Å². The Hall–Kier alpha value is -1.46. The molecule has 0 bridgehead atoms. The lowest BCUT2D eigenvalue weighted by molar-refractivity contribution is 0.669. The third-order valence-corrected chi connectivity index (χ3v) is 4.78. The summed E-state index contributed by atoms with van der Waals surface area (Å²) in [6, 6.07) is 5.27. The topological polar surface area (TPSA) is 41.1 Å². The van der Waals surface area contributed by atoms with Crippen LogP contribution in [0.25, 0.3) is 0 Å². The first kappa shape index (κ1) is 13.5. The van der Waals surface area contributed by atoms with Gasteiger partial charge in [-0.05, 0) is 31.2 Å². The minimum absolute atomic E-state index is 0.319. The predicted molar refractivity (Wildman–Crippen MR) is 83.0 cm³/mol. The summed E-state index contributed by atoms with van der Waals surface area (Å²) >= 11 is 1.78. The molecule has 1 aliphatic carbocycles. The maximum absolute atomic E-state index is 4.54. The van der Waals surface area contributed by atoms with Crippen LogP contribution in [0.15, 0.2) is 29.9 Å². The quantitative estimate of drug-likeness (QED) is 0.887. The highest BCUT2D eigenvalue weighted by atomic mass is 32.1. The molecule has 0 radical (unpaired) electrons. The van der Waals surface area contributed by atoms with Gasteiger partial charge in [0.15, 0.2) is 0 Å². The van der Waals surface area contributed by atoms with E-state index in [0.717, 1.165) is 18.1 Å². The molecule has 0 spiro atoms. The van der Waals surface area contributed by atoms with Crippen molar-refractivity contribution in [3.05, 3.63) is 40.5 Å². The van der Waals surface area contributed by atoms with E-state index in [4.69, 9.17) is 0 Å². The Morgan fingerprint density at radius 3 is 2.85 bits per heavy atom. The van der Waals surface area contributed by atoms with E-state index in [9.17, 15) is 0 Å². The number of rotatable bonds is 6. The number of thiophene rings is 1. The first-order valence-electron chi connectivity index (χ1n) is 7.04. The summed E-state index contributed by atoms with van der Waals surface area (Å²) in [6.07, 6.45) is 6.34. The molecule has 1 aliphatic rings. The molecule has 20 heavy (non-hydrogen) atoms. The van der Waals surface area contributed by atoms with Crippen molar-refractivity contribution in [2.45, 2.75) is 38.4 Å². The first-order valence-corrected chi connectivity index (χ1v) is 7.92. The number of nitrogens with zero attached hydrogens (tertiary/aromatic N) is 3. The van der Waals surface area contributed by atoms with Gasteiger partial charge in [-0.1, -0.05) is 6.07 Å². The Bertz CT molecular complexity index is 534. The molecule has 5 heteroatoms. The van der Waals surface area contributed by atoms with Crippen LogP contribution in [0.2, 0.25) is 0 Å². The standard InChI is InChI=1S/C15H20N4S/c1-11(14-4-3-7-20-14)19(2)15-10-17-13(9-18-15)8-16-12-5-6-12/h3-4,7,9-12,16H,5-6,8H2,1-2H3. The normalized spacial score (nSPS) is 16.1. The van der Waals surface area contributed by atoms with Crippen LogP contribution in [0, 0.1) is 0 Å². The van der Waals surface area contributed by atoms with E-state index < -0.39 is 0 Å². The molecule has 1 saturated carbocycles. The van der Waals surface area contributed by atoms with Crippen molar-refractivity contribution in [3.63, 3.8) is 0 Å². The summed E-state index contributed by atoms with van der Waals surface area (Å²) < 4.78 is 0. The van der Waals surface area contributed by atoms with E-state index in [1.54, 1.807) is 11.3 Å². The van der Waals surface area contributed by atoms with Crippen LogP contribution in [0.4, 0.5) is 5.82 Å². The molecule has 2 aromatic rings. The van der Waals surface area contributed by atoms with Crippen molar-refractivity contribution in [2.75, 3.05) is 11.9 Å². The van der Waals surface area contributed by atoms with Gasteiger partial charge in [0.05, 0.1) is 24.1 Å². The summed E-state index contributed by atoms with van der Waals surface area (Å²) in [5, 5.41) is 5.56. The smallest absolute Gasteiger partial charge is 0.147 e. The molecule has 2 aromatic heterocycles. The summed E-state index contributed by atoms with van der Waals surface area (Å²) in [7, 11) is 2.07. The number of hydrogen-bond acceptors (Lipinski definition) is 5. The van der Waals surface area contributed by atoms with Crippen molar-refractivity contribution in [1.82, 2.24) is 15.3 Å². The number of anilines is 1. The summed E-state index contributed by atoms with van der Waals surface area (Å²) in [5.74, 6) is 0.918. The van der Waals surface area contributed by atoms with Crippen LogP contribution < -0.4 is 10.2 Å². The fourth-order valence-corrected chi connectivity index (χ4v) is 2.90.